The molecule has 2 fully saturated rings. The molecule has 3 rings (SSSR count). The highest BCUT2D eigenvalue weighted by molar-refractivity contribution is 7.89. The Labute approximate surface area is 150 Å². The van der Waals surface area contributed by atoms with Gasteiger partial charge in [-0.05, 0) is 49.9 Å². The normalized spacial score (nSPS) is 22.5. The molecule has 2 aliphatic heterocycles. The lowest BCUT2D eigenvalue weighted by molar-refractivity contribution is -0.121. The van der Waals surface area contributed by atoms with Gasteiger partial charge in [-0.2, -0.15) is 4.31 Å². The molecule has 1 aromatic carbocycles. The van der Waals surface area contributed by atoms with E-state index in [4.69, 9.17) is 0 Å². The zero-order valence-corrected chi connectivity index (χ0v) is 15.4. The van der Waals surface area contributed by atoms with Crippen LogP contribution >= 0.6 is 0 Å². The first-order valence-electron chi connectivity index (χ1n) is 9.15. The number of benzene rings is 1. The van der Waals surface area contributed by atoms with Crippen molar-refractivity contribution < 1.29 is 13.2 Å². The Bertz CT molecular complexity index is 676. The second-order valence-corrected chi connectivity index (χ2v) is 8.83. The first-order chi connectivity index (χ1) is 12.1. The molecule has 1 aromatic rings. The number of amides is 1. The van der Waals surface area contributed by atoms with Crippen molar-refractivity contribution in [1.29, 1.82) is 0 Å². The van der Waals surface area contributed by atoms with Crippen LogP contribution in [0.1, 0.15) is 37.7 Å². The lowest BCUT2D eigenvalue weighted by atomic mass is 10.1. The molecule has 138 valence electrons. The number of piperidine rings is 2. The third kappa shape index (κ3) is 4.80. The van der Waals surface area contributed by atoms with E-state index in [1.54, 1.807) is 28.6 Å². The Morgan fingerprint density at radius 3 is 2.48 bits per heavy atom. The Morgan fingerprint density at radius 2 is 1.84 bits per heavy atom. The van der Waals surface area contributed by atoms with Crippen LogP contribution in [0, 0.1) is 0 Å². The second kappa shape index (κ2) is 8.29. The van der Waals surface area contributed by atoms with Crippen LogP contribution in [0.5, 0.6) is 0 Å². The lowest BCUT2D eigenvalue weighted by Gasteiger charge is -2.26. The lowest BCUT2D eigenvalue weighted by Crippen LogP contribution is -2.46. The van der Waals surface area contributed by atoms with Gasteiger partial charge >= 0.3 is 0 Å². The van der Waals surface area contributed by atoms with E-state index in [-0.39, 0.29) is 18.4 Å². The highest BCUT2D eigenvalue weighted by Gasteiger charge is 2.25. The Hall–Kier alpha value is -1.44. The van der Waals surface area contributed by atoms with Crippen molar-refractivity contribution >= 4 is 15.9 Å². The molecule has 0 aromatic heterocycles. The standard InChI is InChI=1S/C18H27N3O3S/c22-18(20-16-5-4-10-19-14-16)13-15-6-8-17(9-7-15)25(23,24)21-11-2-1-3-12-21/h6-9,16,19H,1-5,10-14H2,(H,20,22)/t16-/m0/s1. The quantitative estimate of drug-likeness (QED) is 0.824. The molecule has 2 aliphatic rings. The molecular weight excluding hydrogens is 338 g/mol. The predicted molar refractivity (Wildman–Crippen MR) is 96.8 cm³/mol. The number of sulfonamides is 1. The van der Waals surface area contributed by atoms with Crippen molar-refractivity contribution in [3.63, 3.8) is 0 Å². The van der Waals surface area contributed by atoms with Gasteiger partial charge in [-0.15, -0.1) is 0 Å². The van der Waals surface area contributed by atoms with Crippen molar-refractivity contribution in [2.45, 2.75) is 49.5 Å². The number of nitrogens with zero attached hydrogens (tertiary/aromatic N) is 1. The maximum atomic E-state index is 12.6. The summed E-state index contributed by atoms with van der Waals surface area (Å²) < 4.78 is 26.8. The topological polar surface area (TPSA) is 78.5 Å². The number of nitrogens with one attached hydrogen (secondary N) is 2. The predicted octanol–water partition coefficient (Wildman–Crippen LogP) is 1.27. The second-order valence-electron chi connectivity index (χ2n) is 6.90. The summed E-state index contributed by atoms with van der Waals surface area (Å²) in [4.78, 5) is 12.5. The molecule has 0 bridgehead atoms. The van der Waals surface area contributed by atoms with Gasteiger partial charge in [0.2, 0.25) is 15.9 Å². The first-order valence-corrected chi connectivity index (χ1v) is 10.6. The molecule has 6 nitrogen and oxygen atoms in total. The highest BCUT2D eigenvalue weighted by Crippen LogP contribution is 2.21. The minimum atomic E-state index is -3.41. The molecule has 1 atom stereocenters. The van der Waals surface area contributed by atoms with Crippen molar-refractivity contribution in [1.82, 2.24) is 14.9 Å². The third-order valence-corrected chi connectivity index (χ3v) is 6.82. The summed E-state index contributed by atoms with van der Waals surface area (Å²) in [6, 6.07) is 6.93. The van der Waals surface area contributed by atoms with E-state index in [9.17, 15) is 13.2 Å². The molecule has 0 aliphatic carbocycles. The number of hydrogen-bond donors (Lipinski definition) is 2. The molecule has 0 spiro atoms. The van der Waals surface area contributed by atoms with Crippen LogP contribution < -0.4 is 10.6 Å². The van der Waals surface area contributed by atoms with E-state index in [0.29, 0.717) is 18.0 Å². The molecule has 2 heterocycles. The van der Waals surface area contributed by atoms with E-state index in [1.807, 2.05) is 0 Å². The maximum absolute atomic E-state index is 12.6. The summed E-state index contributed by atoms with van der Waals surface area (Å²) in [6.45, 7) is 3.03. The highest BCUT2D eigenvalue weighted by atomic mass is 32.2. The summed E-state index contributed by atoms with van der Waals surface area (Å²) in [6.07, 6.45) is 5.30. The van der Waals surface area contributed by atoms with Crippen molar-refractivity contribution in [3.8, 4) is 0 Å². The Morgan fingerprint density at radius 1 is 1.12 bits per heavy atom. The molecule has 0 radical (unpaired) electrons. The van der Waals surface area contributed by atoms with Gasteiger partial charge in [0.05, 0.1) is 11.3 Å². The van der Waals surface area contributed by atoms with Crippen LogP contribution in [-0.4, -0.2) is 50.9 Å². The summed E-state index contributed by atoms with van der Waals surface area (Å²) >= 11 is 0. The van der Waals surface area contributed by atoms with E-state index in [0.717, 1.165) is 50.8 Å². The fourth-order valence-corrected chi connectivity index (χ4v) is 4.99. The first kappa shape index (κ1) is 18.4. The molecule has 2 N–H and O–H groups in total. The van der Waals surface area contributed by atoms with Crippen molar-refractivity contribution in [3.05, 3.63) is 29.8 Å². The van der Waals surface area contributed by atoms with Crippen molar-refractivity contribution in [2.24, 2.45) is 0 Å². The van der Waals surface area contributed by atoms with Crippen LogP contribution in [0.4, 0.5) is 0 Å². The smallest absolute Gasteiger partial charge is 0.243 e. The molecular formula is C18H27N3O3S. The summed E-state index contributed by atoms with van der Waals surface area (Å²) in [7, 11) is -3.41. The number of carbonyl (C=O) groups is 1. The molecule has 0 saturated carbocycles. The van der Waals surface area contributed by atoms with E-state index in [2.05, 4.69) is 10.6 Å². The fourth-order valence-electron chi connectivity index (χ4n) is 3.47. The Balaban J connectivity index is 1.58. The molecule has 2 saturated heterocycles. The summed E-state index contributed by atoms with van der Waals surface area (Å²) in [5.41, 5.74) is 0.832. The van der Waals surface area contributed by atoms with Gasteiger partial charge in [-0.3, -0.25) is 4.79 Å². The number of hydrogen-bond acceptors (Lipinski definition) is 4. The van der Waals surface area contributed by atoms with Crippen LogP contribution in [0.2, 0.25) is 0 Å². The van der Waals surface area contributed by atoms with Gasteiger partial charge in [0.1, 0.15) is 0 Å². The summed E-state index contributed by atoms with van der Waals surface area (Å²) in [5.74, 6) is -0.0136. The number of rotatable bonds is 5. The van der Waals surface area contributed by atoms with Crippen LogP contribution in [-0.2, 0) is 21.2 Å². The largest absolute Gasteiger partial charge is 0.352 e. The van der Waals surface area contributed by atoms with Gasteiger partial charge in [0.25, 0.3) is 0 Å². The molecule has 7 heteroatoms. The zero-order chi connectivity index (χ0) is 17.7. The van der Waals surface area contributed by atoms with Crippen molar-refractivity contribution in [2.75, 3.05) is 26.2 Å². The van der Waals surface area contributed by atoms with Gasteiger partial charge in [-0.25, -0.2) is 8.42 Å². The number of carbonyl (C=O) groups excluding carboxylic acids is 1. The van der Waals surface area contributed by atoms with E-state index >= 15 is 0 Å². The zero-order valence-electron chi connectivity index (χ0n) is 14.5. The average Bonchev–Trinajstić information content (AvgIpc) is 2.63. The van der Waals surface area contributed by atoms with Crippen LogP contribution in [0.3, 0.4) is 0 Å². The van der Waals surface area contributed by atoms with Gasteiger partial charge in [-0.1, -0.05) is 18.6 Å². The third-order valence-electron chi connectivity index (χ3n) is 4.90. The maximum Gasteiger partial charge on any atom is 0.243 e. The average molecular weight is 365 g/mol. The summed E-state index contributed by atoms with van der Waals surface area (Å²) in [5, 5.41) is 6.31. The Kier molecular flexibility index (Phi) is 6.09. The molecule has 25 heavy (non-hydrogen) atoms. The fraction of sp³-hybridized carbons (Fsp3) is 0.611. The molecule has 1 amide bonds. The monoisotopic (exact) mass is 365 g/mol. The minimum Gasteiger partial charge on any atom is -0.352 e. The van der Waals surface area contributed by atoms with Gasteiger partial charge in [0.15, 0.2) is 0 Å². The van der Waals surface area contributed by atoms with Gasteiger partial charge < -0.3 is 10.6 Å². The molecule has 0 unspecified atom stereocenters. The van der Waals surface area contributed by atoms with Gasteiger partial charge in [0, 0.05) is 25.7 Å². The van der Waals surface area contributed by atoms with E-state index < -0.39 is 10.0 Å². The minimum absolute atomic E-state index is 0.0136. The van der Waals surface area contributed by atoms with Crippen LogP contribution in [0.15, 0.2) is 29.2 Å². The SMILES string of the molecule is O=C(Cc1ccc(S(=O)(=O)N2CCCCC2)cc1)N[C@H]1CCCNC1. The van der Waals surface area contributed by atoms with Crippen LogP contribution in [0.25, 0.3) is 0 Å². The van der Waals surface area contributed by atoms with E-state index in [1.165, 1.54) is 0 Å².